The number of hydrogen-bond donors (Lipinski definition) is 0. The largest absolute Gasteiger partial charge is 0.255 e. The highest BCUT2D eigenvalue weighted by atomic mass is 79.9. The molecule has 0 amide bonds. The van der Waals surface area contributed by atoms with Gasteiger partial charge >= 0.3 is 0 Å². The molecule has 2 heterocycles. The van der Waals surface area contributed by atoms with Crippen LogP contribution in [0.3, 0.4) is 0 Å². The number of aromatic nitrogens is 2. The summed E-state index contributed by atoms with van der Waals surface area (Å²) < 4.78 is 2.05. The highest BCUT2D eigenvalue weighted by molar-refractivity contribution is 9.10. The number of halogens is 2. The van der Waals surface area contributed by atoms with Crippen molar-refractivity contribution in [1.29, 1.82) is 0 Å². The van der Waals surface area contributed by atoms with Crippen molar-refractivity contribution in [1.82, 2.24) is 9.97 Å². The minimum absolute atomic E-state index is 1.02. The molecule has 2 nitrogen and oxygen atoms in total. The number of benzene rings is 2. The number of rotatable bonds is 0. The molecule has 0 aliphatic heterocycles. The maximum atomic E-state index is 4.23. The maximum absolute atomic E-state index is 4.23. The highest BCUT2D eigenvalue weighted by Crippen LogP contribution is 2.16. The van der Waals surface area contributed by atoms with E-state index >= 15 is 0 Å². The molecule has 4 heteroatoms. The molecule has 0 N–H and O–H groups in total. The average molecular weight is 416 g/mol. The first kappa shape index (κ1) is 15.1. The molecule has 0 spiro atoms. The Labute approximate surface area is 145 Å². The molecule has 0 fully saturated rings. The van der Waals surface area contributed by atoms with Crippen LogP contribution in [0, 0.1) is 0 Å². The lowest BCUT2D eigenvalue weighted by atomic mass is 10.2. The lowest BCUT2D eigenvalue weighted by Gasteiger charge is -1.94. The molecule has 4 rings (SSSR count). The van der Waals surface area contributed by atoms with Crippen LogP contribution in [0.4, 0.5) is 0 Å². The number of fused-ring (bicyclic) bond motifs is 2. The zero-order valence-corrected chi connectivity index (χ0v) is 14.8. The molecule has 0 aliphatic carbocycles. The monoisotopic (exact) mass is 414 g/mol. The normalized spacial score (nSPS) is 10.3. The third kappa shape index (κ3) is 3.70. The van der Waals surface area contributed by atoms with Gasteiger partial charge in [0.2, 0.25) is 0 Å². The Hall–Kier alpha value is -1.78. The molecule has 108 valence electrons. The first-order chi connectivity index (χ1) is 10.7. The second-order valence-corrected chi connectivity index (χ2v) is 6.52. The third-order valence-electron chi connectivity index (χ3n) is 3.11. The van der Waals surface area contributed by atoms with Crippen molar-refractivity contribution in [2.45, 2.75) is 0 Å². The van der Waals surface area contributed by atoms with Crippen LogP contribution in [-0.2, 0) is 0 Å². The van der Waals surface area contributed by atoms with Gasteiger partial charge in [-0.05, 0) is 56.1 Å². The van der Waals surface area contributed by atoms with Crippen molar-refractivity contribution in [2.75, 3.05) is 0 Å². The van der Waals surface area contributed by atoms with Crippen molar-refractivity contribution in [3.8, 4) is 0 Å². The second kappa shape index (κ2) is 6.99. The van der Waals surface area contributed by atoms with Gasteiger partial charge in [-0.15, -0.1) is 0 Å². The van der Waals surface area contributed by atoms with Gasteiger partial charge in [-0.25, -0.2) is 0 Å². The van der Waals surface area contributed by atoms with Gasteiger partial charge in [-0.1, -0.05) is 36.4 Å². The van der Waals surface area contributed by atoms with E-state index < -0.39 is 0 Å². The zero-order valence-electron chi connectivity index (χ0n) is 11.6. The predicted molar refractivity (Wildman–Crippen MR) is 98.9 cm³/mol. The number of para-hydroxylation sites is 2. The number of nitrogens with zero attached hydrogens (tertiary/aromatic N) is 2. The average Bonchev–Trinajstić information content (AvgIpc) is 2.55. The molecule has 0 radical (unpaired) electrons. The highest BCUT2D eigenvalue weighted by Gasteiger charge is 1.93. The molecule has 0 saturated heterocycles. The predicted octanol–water partition coefficient (Wildman–Crippen LogP) is 5.99. The Morgan fingerprint density at radius 2 is 1.00 bits per heavy atom. The Kier molecular flexibility index (Phi) is 4.80. The van der Waals surface area contributed by atoms with Crippen LogP contribution in [0.2, 0.25) is 0 Å². The van der Waals surface area contributed by atoms with E-state index in [-0.39, 0.29) is 0 Å². The van der Waals surface area contributed by atoms with E-state index in [0.29, 0.717) is 0 Å². The Morgan fingerprint density at radius 1 is 0.591 bits per heavy atom. The number of pyridine rings is 2. The molecule has 0 unspecified atom stereocenters. The summed E-state index contributed by atoms with van der Waals surface area (Å²) in [6, 6.07) is 20.2. The van der Waals surface area contributed by atoms with Crippen molar-refractivity contribution >= 4 is 53.7 Å². The van der Waals surface area contributed by atoms with E-state index in [0.717, 1.165) is 20.0 Å². The van der Waals surface area contributed by atoms with E-state index in [9.17, 15) is 0 Å². The smallest absolute Gasteiger partial charge is 0.0702 e. The standard InChI is InChI=1S/2C9H6BrN/c2*10-8-5-7-3-1-2-4-9(7)11-6-8/h2*1-6H. The summed E-state index contributed by atoms with van der Waals surface area (Å²) in [6.45, 7) is 0. The van der Waals surface area contributed by atoms with E-state index in [4.69, 9.17) is 0 Å². The first-order valence-electron chi connectivity index (χ1n) is 6.73. The molecule has 0 atom stereocenters. The fourth-order valence-electron chi connectivity index (χ4n) is 2.09. The van der Waals surface area contributed by atoms with Crippen LogP contribution in [0.5, 0.6) is 0 Å². The van der Waals surface area contributed by atoms with Crippen LogP contribution >= 0.6 is 31.9 Å². The fourth-order valence-corrected chi connectivity index (χ4v) is 2.79. The number of hydrogen-bond acceptors (Lipinski definition) is 2. The van der Waals surface area contributed by atoms with Gasteiger partial charge in [0.15, 0.2) is 0 Å². The van der Waals surface area contributed by atoms with E-state index in [1.54, 1.807) is 0 Å². The fraction of sp³-hybridized carbons (Fsp3) is 0. The summed E-state index contributed by atoms with van der Waals surface area (Å²) in [5, 5.41) is 2.34. The van der Waals surface area contributed by atoms with Gasteiger partial charge < -0.3 is 0 Å². The first-order valence-corrected chi connectivity index (χ1v) is 8.31. The lowest BCUT2D eigenvalue weighted by molar-refractivity contribution is 1.39. The van der Waals surface area contributed by atoms with Gasteiger partial charge in [0.1, 0.15) is 0 Å². The van der Waals surface area contributed by atoms with Gasteiger partial charge in [0.25, 0.3) is 0 Å². The van der Waals surface area contributed by atoms with Gasteiger partial charge in [0, 0.05) is 32.1 Å². The quantitative estimate of drug-likeness (QED) is 0.352. The van der Waals surface area contributed by atoms with Crippen molar-refractivity contribution in [3.63, 3.8) is 0 Å². The van der Waals surface area contributed by atoms with Gasteiger partial charge in [-0.3, -0.25) is 9.97 Å². The molecule has 2 aromatic carbocycles. The van der Waals surface area contributed by atoms with E-state index in [1.807, 2.05) is 60.9 Å². The van der Waals surface area contributed by atoms with Crippen LogP contribution in [0.25, 0.3) is 21.8 Å². The Balaban J connectivity index is 0.000000131. The zero-order chi connectivity index (χ0) is 15.4. The Bertz CT molecular complexity index is 845. The summed E-state index contributed by atoms with van der Waals surface area (Å²) >= 11 is 6.74. The second-order valence-electron chi connectivity index (χ2n) is 4.69. The molecule has 0 bridgehead atoms. The van der Waals surface area contributed by atoms with Crippen molar-refractivity contribution in [3.05, 3.63) is 82.0 Å². The maximum Gasteiger partial charge on any atom is 0.0702 e. The SMILES string of the molecule is Brc1cnc2ccccc2c1.Brc1cnc2ccccc2c1. The molecule has 4 aromatic rings. The van der Waals surface area contributed by atoms with Crippen LogP contribution < -0.4 is 0 Å². The van der Waals surface area contributed by atoms with Crippen molar-refractivity contribution in [2.24, 2.45) is 0 Å². The Morgan fingerprint density at radius 3 is 1.45 bits per heavy atom. The van der Waals surface area contributed by atoms with Crippen LogP contribution in [0.1, 0.15) is 0 Å². The van der Waals surface area contributed by atoms with Crippen LogP contribution in [-0.4, -0.2) is 9.97 Å². The molecular weight excluding hydrogens is 404 g/mol. The van der Waals surface area contributed by atoms with Crippen LogP contribution in [0.15, 0.2) is 82.0 Å². The summed E-state index contributed by atoms with van der Waals surface area (Å²) in [7, 11) is 0. The van der Waals surface area contributed by atoms with Crippen molar-refractivity contribution < 1.29 is 0 Å². The topological polar surface area (TPSA) is 25.8 Å². The lowest BCUT2D eigenvalue weighted by Crippen LogP contribution is -1.76. The molecule has 2 aromatic heterocycles. The summed E-state index contributed by atoms with van der Waals surface area (Å²) in [5.74, 6) is 0. The van der Waals surface area contributed by atoms with E-state index in [2.05, 4.69) is 54.0 Å². The summed E-state index contributed by atoms with van der Waals surface area (Å²) in [5.41, 5.74) is 2.08. The minimum atomic E-state index is 1.02. The summed E-state index contributed by atoms with van der Waals surface area (Å²) in [4.78, 5) is 8.47. The van der Waals surface area contributed by atoms with Gasteiger partial charge in [-0.2, -0.15) is 0 Å². The minimum Gasteiger partial charge on any atom is -0.255 e. The third-order valence-corrected chi connectivity index (χ3v) is 3.98. The van der Waals surface area contributed by atoms with E-state index in [1.165, 1.54) is 10.8 Å². The molecule has 0 aliphatic rings. The summed E-state index contributed by atoms with van der Waals surface area (Å²) in [6.07, 6.45) is 3.62. The van der Waals surface area contributed by atoms with Gasteiger partial charge in [0.05, 0.1) is 11.0 Å². The molecule has 22 heavy (non-hydrogen) atoms. The molecular formula is C18H12Br2N2. The molecule has 0 saturated carbocycles.